The van der Waals surface area contributed by atoms with Gasteiger partial charge in [-0.3, -0.25) is 14.4 Å². The molecule has 12 bridgehead atoms. The lowest BCUT2D eigenvalue weighted by atomic mass is 9.74. The molecule has 34 atom stereocenters. The summed E-state index contributed by atoms with van der Waals surface area (Å²) in [7, 11) is 0. The maximum atomic E-state index is 14.7. The van der Waals surface area contributed by atoms with E-state index in [2.05, 4.69) is 27.4 Å². The van der Waals surface area contributed by atoms with Crippen molar-refractivity contribution in [2.45, 2.75) is 339 Å². The predicted octanol–water partition coefficient (Wildman–Crippen LogP) is 4.64. The van der Waals surface area contributed by atoms with Crippen molar-refractivity contribution >= 4 is 17.9 Å². The Kier molecular flexibility index (Phi) is 15.5. The summed E-state index contributed by atoms with van der Waals surface area (Å²) in [5, 5.41) is 23.5. The van der Waals surface area contributed by atoms with Gasteiger partial charge in [0.2, 0.25) is 0 Å². The Bertz CT molecular complexity index is 2680. The fourth-order valence-electron chi connectivity index (χ4n) is 19.7. The molecule has 17 aliphatic heterocycles. The van der Waals surface area contributed by atoms with E-state index in [4.69, 9.17) is 85.3 Å². The summed E-state index contributed by atoms with van der Waals surface area (Å²) in [6, 6.07) is 0. The summed E-state index contributed by atoms with van der Waals surface area (Å²) in [6.45, 7) is 14.9. The number of aliphatic hydroxyl groups is 2. The third-order valence-corrected chi connectivity index (χ3v) is 23.8. The van der Waals surface area contributed by atoms with Crippen LogP contribution in [-0.4, -0.2) is 223 Å². The first kappa shape index (κ1) is 60.4. The monoisotopic (exact) mass is 1240 g/mol. The van der Waals surface area contributed by atoms with Crippen molar-refractivity contribution in [3.63, 3.8) is 0 Å². The molecule has 88 heavy (non-hydrogen) atoms. The molecular weight excluding hydrogens is 1150 g/mol. The summed E-state index contributed by atoms with van der Waals surface area (Å²) in [5.41, 5.74) is -0.551. The molecule has 17 rings (SSSR count). The molecule has 0 aromatic heterocycles. The van der Waals surface area contributed by atoms with Crippen LogP contribution in [0.15, 0.2) is 12.2 Å². The van der Waals surface area contributed by atoms with Crippen LogP contribution in [0, 0.1) is 23.7 Å². The van der Waals surface area contributed by atoms with E-state index in [1.807, 2.05) is 6.92 Å². The third kappa shape index (κ3) is 10.5. The molecule has 0 aliphatic carbocycles. The zero-order valence-corrected chi connectivity index (χ0v) is 51.6. The molecular formula is C65H92O23. The maximum Gasteiger partial charge on any atom is 0.308 e. The Morgan fingerprint density at radius 2 is 1.19 bits per heavy atom. The zero-order chi connectivity index (χ0) is 60.5. The van der Waals surface area contributed by atoms with E-state index >= 15 is 0 Å². The summed E-state index contributed by atoms with van der Waals surface area (Å²) in [6.07, 6.45) is -0.473. The van der Waals surface area contributed by atoms with Gasteiger partial charge in [0, 0.05) is 84.0 Å². The van der Waals surface area contributed by atoms with Crippen molar-refractivity contribution in [3.8, 4) is 0 Å². The summed E-state index contributed by atoms with van der Waals surface area (Å²) in [5.74, 6) is -4.71. The van der Waals surface area contributed by atoms with Gasteiger partial charge in [-0.2, -0.15) is 0 Å². The summed E-state index contributed by atoms with van der Waals surface area (Å²) < 4.78 is 122. The Morgan fingerprint density at radius 3 is 2.01 bits per heavy atom. The molecule has 17 saturated heterocycles. The number of fused-ring (bicyclic) bond motifs is 11. The minimum absolute atomic E-state index is 0.0106. The van der Waals surface area contributed by atoms with Crippen molar-refractivity contribution in [2.75, 3.05) is 13.2 Å². The molecule has 3 spiro atoms. The van der Waals surface area contributed by atoms with E-state index in [-0.39, 0.29) is 141 Å². The Balaban J connectivity index is 0.620. The second-order valence-corrected chi connectivity index (χ2v) is 29.9. The number of hydrogen-bond donors (Lipinski definition) is 2. The predicted molar refractivity (Wildman–Crippen MR) is 298 cm³/mol. The molecule has 490 valence electrons. The number of rotatable bonds is 5. The molecule has 23 nitrogen and oxygen atoms in total. The van der Waals surface area contributed by atoms with Gasteiger partial charge in [0.25, 0.3) is 0 Å². The molecule has 4 unspecified atom stereocenters. The molecule has 2 N–H and O–H groups in total. The third-order valence-electron chi connectivity index (χ3n) is 23.8. The topological polar surface area (TPSA) is 258 Å². The normalized spacial score (nSPS) is 56.2. The molecule has 23 heteroatoms. The van der Waals surface area contributed by atoms with Crippen molar-refractivity contribution in [2.24, 2.45) is 23.7 Å². The largest absolute Gasteiger partial charge is 0.462 e. The van der Waals surface area contributed by atoms with Crippen LogP contribution in [0.2, 0.25) is 0 Å². The highest BCUT2D eigenvalue weighted by Crippen LogP contribution is 2.58. The minimum Gasteiger partial charge on any atom is -0.462 e. The van der Waals surface area contributed by atoms with Crippen LogP contribution in [0.1, 0.15) is 157 Å². The van der Waals surface area contributed by atoms with Gasteiger partial charge in [0.05, 0.1) is 123 Å². The summed E-state index contributed by atoms with van der Waals surface area (Å²) in [4.78, 5) is 38.5. The van der Waals surface area contributed by atoms with E-state index in [1.54, 1.807) is 0 Å². The zero-order valence-electron chi connectivity index (χ0n) is 51.6. The van der Waals surface area contributed by atoms with Crippen LogP contribution in [-0.2, 0) is 99.6 Å². The Hall–Kier alpha value is -2.53. The molecule has 17 aliphatic rings. The van der Waals surface area contributed by atoms with Gasteiger partial charge in [0.15, 0.2) is 23.5 Å². The van der Waals surface area contributed by atoms with E-state index in [0.29, 0.717) is 89.9 Å². The molecule has 17 heterocycles. The minimum atomic E-state index is -1.60. The smallest absolute Gasteiger partial charge is 0.308 e. The van der Waals surface area contributed by atoms with Crippen molar-refractivity contribution in [1.82, 2.24) is 0 Å². The van der Waals surface area contributed by atoms with E-state index < -0.39 is 109 Å². The van der Waals surface area contributed by atoms with E-state index in [0.717, 1.165) is 18.4 Å². The SMILES string of the molecule is C=C1C[C@@H]2CC[C@@]34C[C@@H]5O[C@H]6C(O[C@H]7CC[C@H](CC(=O)O[C@@H]8[C@@H](C)[C@@H]9O[C@@H]%10C[C@]%11(C[C@@H]%12O[C@]%13(C[C@H](C)[C@@H]%14O[C@@H]%15CC(C(COC(C)=O)OC(C)=O)O[C@@H]%15C[C@@H]%14O%13)C[C@H](C)[C@@H]%12O%11)O[C@@H]%10C[C@@H]9O[C@H]8C[C@H]8O[C@@H](CC[C@@H]1O2)C[C@@H](C)C8(O)CO)O[C@@H]7[C@@H]6O3)[C@H]5O4. The van der Waals surface area contributed by atoms with Gasteiger partial charge < -0.3 is 95.5 Å². The average molecular weight is 1240 g/mol. The molecule has 17 fully saturated rings. The first-order valence-corrected chi connectivity index (χ1v) is 33.7. The van der Waals surface area contributed by atoms with Gasteiger partial charge in [-0.1, -0.05) is 34.3 Å². The highest BCUT2D eigenvalue weighted by Gasteiger charge is 2.70. The van der Waals surface area contributed by atoms with E-state index in [1.165, 1.54) is 13.8 Å². The van der Waals surface area contributed by atoms with Crippen LogP contribution < -0.4 is 0 Å². The maximum absolute atomic E-state index is 14.7. The highest BCUT2D eigenvalue weighted by molar-refractivity contribution is 5.70. The standard InChI is InChI=1S/C65H92O23/c1-28-14-37-12-13-62-24-48-58(87-62)59-60(81-48)61(88-62)57-39(78-59)11-9-36(75-57)16-52(69)82-56-32(5)55-44(77-45(56)20-51-65(70,27-66)31(4)15-35(74-51)8-10-38(28)73-37)19-43-47(80-55)23-64(83-43)25-49-54(86-64)30(3)22-63(85-49)21-29(2)53-46(84-63)18-40-41(79-53)17-42(76-40)50(72-34(7)68)26-71-33(6)67/h29-32,35-51,53-61,66,70H,1,8-27H2,2-7H3/t29-,30-,31+,32-,35-,36+,37-,38-,39-,40+,41+,42?,43+,44-,45-,46-,47+,48-,49-,50?,51+,53-,54-,55-,56+,57-,58-,59?,60-,61-,62-,63+,64-,65?/m0/s1. The van der Waals surface area contributed by atoms with Crippen LogP contribution in [0.25, 0.3) is 0 Å². The lowest BCUT2D eigenvalue weighted by Crippen LogP contribution is -2.63. The van der Waals surface area contributed by atoms with Crippen LogP contribution in [0.5, 0.6) is 0 Å². The second-order valence-electron chi connectivity index (χ2n) is 29.9. The summed E-state index contributed by atoms with van der Waals surface area (Å²) >= 11 is 0. The van der Waals surface area contributed by atoms with E-state index in [9.17, 15) is 24.6 Å². The first-order valence-electron chi connectivity index (χ1n) is 33.7. The number of hydrogen-bond acceptors (Lipinski definition) is 23. The highest BCUT2D eigenvalue weighted by atomic mass is 16.8. The van der Waals surface area contributed by atoms with Gasteiger partial charge in [-0.05, 0) is 68.3 Å². The van der Waals surface area contributed by atoms with Gasteiger partial charge in [-0.25, -0.2) is 0 Å². The van der Waals surface area contributed by atoms with Crippen LogP contribution in [0.3, 0.4) is 0 Å². The number of carbonyl (C=O) groups excluding carboxylic acids is 3. The van der Waals surface area contributed by atoms with Crippen LogP contribution in [0.4, 0.5) is 0 Å². The molecule has 0 radical (unpaired) electrons. The second kappa shape index (κ2) is 22.6. The van der Waals surface area contributed by atoms with Crippen molar-refractivity contribution in [1.29, 1.82) is 0 Å². The first-order chi connectivity index (χ1) is 42.2. The fourth-order valence-corrected chi connectivity index (χ4v) is 19.7. The number of aliphatic hydroxyl groups excluding tert-OH is 1. The number of carbonyl (C=O) groups is 3. The Labute approximate surface area is 513 Å². The molecule has 0 amide bonds. The fraction of sp³-hybridized carbons (Fsp3) is 0.923. The average Bonchev–Trinajstić information content (AvgIpc) is 1.55. The van der Waals surface area contributed by atoms with Crippen molar-refractivity contribution in [3.05, 3.63) is 12.2 Å². The lowest BCUT2D eigenvalue weighted by Gasteiger charge is -2.54. The number of ether oxygens (including phenoxy) is 18. The molecule has 0 aromatic carbocycles. The van der Waals surface area contributed by atoms with Gasteiger partial charge in [0.1, 0.15) is 54.9 Å². The van der Waals surface area contributed by atoms with Gasteiger partial charge >= 0.3 is 17.9 Å². The molecule has 0 aromatic rings. The van der Waals surface area contributed by atoms with Crippen LogP contribution >= 0.6 is 0 Å². The lowest BCUT2D eigenvalue weighted by molar-refractivity contribution is -0.369. The molecule has 0 saturated carbocycles. The quantitative estimate of drug-likeness (QED) is 0.216. The Morgan fingerprint density at radius 1 is 0.534 bits per heavy atom. The van der Waals surface area contributed by atoms with Gasteiger partial charge in [-0.15, -0.1) is 0 Å². The number of esters is 3. The van der Waals surface area contributed by atoms with Crippen molar-refractivity contribution < 1.29 is 110 Å².